The molecule has 1 rings (SSSR count). The molecule has 17 heavy (non-hydrogen) atoms. The molecule has 0 radical (unpaired) electrons. The topological polar surface area (TPSA) is 12.0 Å². The lowest BCUT2D eigenvalue weighted by molar-refractivity contribution is 0.366. The molecule has 0 aliphatic heterocycles. The predicted octanol–water partition coefficient (Wildman–Crippen LogP) is 4.57. The number of nitrogens with one attached hydrogen (secondary N) is 1. The Hall–Kier alpha value is -0.600. The van der Waals surface area contributed by atoms with Crippen molar-refractivity contribution in [1.82, 2.24) is 5.32 Å². The molecule has 1 nitrogen and oxygen atoms in total. The van der Waals surface area contributed by atoms with E-state index in [1.807, 2.05) is 12.1 Å². The van der Waals surface area contributed by atoms with E-state index in [4.69, 9.17) is 11.6 Å². The fourth-order valence-corrected chi connectivity index (χ4v) is 2.10. The SMILES string of the molecule is CCCNC(c1cccc(Cl)c1F)C(C)CC. The zero-order valence-electron chi connectivity index (χ0n) is 10.8. The molecule has 96 valence electrons. The summed E-state index contributed by atoms with van der Waals surface area (Å²) in [5.74, 6) is 0.0950. The molecule has 0 amide bonds. The Morgan fingerprint density at radius 1 is 1.35 bits per heavy atom. The maximum absolute atomic E-state index is 14.0. The minimum Gasteiger partial charge on any atom is -0.310 e. The first kappa shape index (κ1) is 14.5. The number of hydrogen-bond acceptors (Lipinski definition) is 1. The van der Waals surface area contributed by atoms with Crippen molar-refractivity contribution in [2.45, 2.75) is 39.7 Å². The van der Waals surface area contributed by atoms with Gasteiger partial charge in [0.1, 0.15) is 5.82 Å². The van der Waals surface area contributed by atoms with Gasteiger partial charge in [-0.15, -0.1) is 0 Å². The van der Waals surface area contributed by atoms with Crippen LogP contribution in [0.4, 0.5) is 4.39 Å². The Morgan fingerprint density at radius 2 is 2.06 bits per heavy atom. The minimum absolute atomic E-state index is 0.0404. The van der Waals surface area contributed by atoms with Crippen LogP contribution in [0.1, 0.15) is 45.2 Å². The zero-order chi connectivity index (χ0) is 12.8. The molecule has 1 aromatic carbocycles. The van der Waals surface area contributed by atoms with E-state index in [1.54, 1.807) is 6.07 Å². The molecule has 1 N–H and O–H groups in total. The second-order valence-electron chi connectivity index (χ2n) is 4.46. The van der Waals surface area contributed by atoms with Crippen LogP contribution in [0.5, 0.6) is 0 Å². The predicted molar refractivity (Wildman–Crippen MR) is 71.9 cm³/mol. The van der Waals surface area contributed by atoms with Crippen LogP contribution in [0.3, 0.4) is 0 Å². The van der Waals surface area contributed by atoms with Crippen molar-refractivity contribution in [2.75, 3.05) is 6.54 Å². The summed E-state index contributed by atoms with van der Waals surface area (Å²) >= 11 is 5.84. The molecule has 0 heterocycles. The van der Waals surface area contributed by atoms with E-state index in [2.05, 4.69) is 26.1 Å². The molecule has 0 aromatic heterocycles. The highest BCUT2D eigenvalue weighted by Crippen LogP contribution is 2.29. The number of benzene rings is 1. The first-order valence-corrected chi connectivity index (χ1v) is 6.66. The lowest BCUT2D eigenvalue weighted by Crippen LogP contribution is -2.28. The van der Waals surface area contributed by atoms with Crippen molar-refractivity contribution >= 4 is 11.6 Å². The summed E-state index contributed by atoms with van der Waals surface area (Å²) in [6.07, 6.45) is 2.04. The normalized spacial score (nSPS) is 14.6. The van der Waals surface area contributed by atoms with Crippen molar-refractivity contribution in [3.63, 3.8) is 0 Å². The van der Waals surface area contributed by atoms with Crippen LogP contribution in [0.25, 0.3) is 0 Å². The molecule has 0 aliphatic rings. The van der Waals surface area contributed by atoms with Gasteiger partial charge in [-0.2, -0.15) is 0 Å². The van der Waals surface area contributed by atoms with E-state index < -0.39 is 0 Å². The second kappa shape index (κ2) is 6.97. The third-order valence-electron chi connectivity index (χ3n) is 3.14. The molecule has 0 bridgehead atoms. The van der Waals surface area contributed by atoms with Gasteiger partial charge in [0.05, 0.1) is 5.02 Å². The summed E-state index contributed by atoms with van der Waals surface area (Å²) in [6.45, 7) is 7.25. The molecule has 1 aromatic rings. The number of halogens is 2. The molecule has 0 aliphatic carbocycles. The molecule has 0 saturated heterocycles. The van der Waals surface area contributed by atoms with Gasteiger partial charge in [0, 0.05) is 11.6 Å². The number of rotatable bonds is 6. The lowest BCUT2D eigenvalue weighted by atomic mass is 9.92. The minimum atomic E-state index is -0.289. The van der Waals surface area contributed by atoms with Crippen LogP contribution in [0.2, 0.25) is 5.02 Å². The highest BCUT2D eigenvalue weighted by atomic mass is 35.5. The lowest BCUT2D eigenvalue weighted by Gasteiger charge is -2.25. The fourth-order valence-electron chi connectivity index (χ4n) is 1.91. The average molecular weight is 258 g/mol. The Labute approximate surface area is 108 Å². The summed E-state index contributed by atoms with van der Waals surface area (Å²) in [5.41, 5.74) is 0.681. The van der Waals surface area contributed by atoms with Gasteiger partial charge in [0.2, 0.25) is 0 Å². The van der Waals surface area contributed by atoms with Crippen molar-refractivity contribution < 1.29 is 4.39 Å². The van der Waals surface area contributed by atoms with Gasteiger partial charge in [-0.25, -0.2) is 4.39 Å². The van der Waals surface area contributed by atoms with Crippen molar-refractivity contribution in [2.24, 2.45) is 5.92 Å². The third-order valence-corrected chi connectivity index (χ3v) is 3.44. The molecule has 0 spiro atoms. The smallest absolute Gasteiger partial charge is 0.146 e. The Kier molecular flexibility index (Phi) is 5.93. The third kappa shape index (κ3) is 3.68. The maximum Gasteiger partial charge on any atom is 0.146 e. The van der Waals surface area contributed by atoms with E-state index in [9.17, 15) is 4.39 Å². The van der Waals surface area contributed by atoms with E-state index in [0.29, 0.717) is 11.5 Å². The van der Waals surface area contributed by atoms with E-state index in [1.165, 1.54) is 0 Å². The standard InChI is InChI=1S/C14H21ClFN/c1-4-9-17-14(10(3)5-2)11-7-6-8-12(15)13(11)16/h6-8,10,14,17H,4-5,9H2,1-3H3. The molecule has 0 fully saturated rings. The molecule has 2 unspecified atom stereocenters. The largest absolute Gasteiger partial charge is 0.310 e. The first-order valence-electron chi connectivity index (χ1n) is 6.29. The summed E-state index contributed by atoms with van der Waals surface area (Å²) in [6, 6.07) is 5.26. The summed E-state index contributed by atoms with van der Waals surface area (Å²) in [5, 5.41) is 3.61. The van der Waals surface area contributed by atoms with Gasteiger partial charge in [0.15, 0.2) is 0 Å². The van der Waals surface area contributed by atoms with Gasteiger partial charge >= 0.3 is 0 Å². The Bertz CT molecular complexity index is 354. The Balaban J connectivity index is 2.99. The van der Waals surface area contributed by atoms with Gasteiger partial charge in [-0.1, -0.05) is 50.9 Å². The molecular formula is C14H21ClFN. The quantitative estimate of drug-likeness (QED) is 0.787. The van der Waals surface area contributed by atoms with Gasteiger partial charge in [0.25, 0.3) is 0 Å². The van der Waals surface area contributed by atoms with Crippen molar-refractivity contribution in [1.29, 1.82) is 0 Å². The molecule has 2 atom stereocenters. The van der Waals surface area contributed by atoms with Crippen LogP contribution in [-0.2, 0) is 0 Å². The fraction of sp³-hybridized carbons (Fsp3) is 0.571. The van der Waals surface area contributed by atoms with Crippen LogP contribution >= 0.6 is 11.6 Å². The van der Waals surface area contributed by atoms with Crippen LogP contribution in [-0.4, -0.2) is 6.54 Å². The van der Waals surface area contributed by atoms with Crippen molar-refractivity contribution in [3.05, 3.63) is 34.6 Å². The Morgan fingerprint density at radius 3 is 2.65 bits per heavy atom. The summed E-state index contributed by atoms with van der Waals surface area (Å²) < 4.78 is 14.0. The maximum atomic E-state index is 14.0. The van der Waals surface area contributed by atoms with Crippen LogP contribution in [0, 0.1) is 11.7 Å². The molecular weight excluding hydrogens is 237 g/mol. The van der Waals surface area contributed by atoms with E-state index in [-0.39, 0.29) is 16.9 Å². The van der Waals surface area contributed by atoms with Crippen LogP contribution < -0.4 is 5.32 Å². The first-order chi connectivity index (χ1) is 8.11. The number of hydrogen-bond donors (Lipinski definition) is 1. The van der Waals surface area contributed by atoms with E-state index >= 15 is 0 Å². The zero-order valence-corrected chi connectivity index (χ0v) is 11.5. The highest BCUT2D eigenvalue weighted by molar-refractivity contribution is 6.30. The highest BCUT2D eigenvalue weighted by Gasteiger charge is 2.21. The summed E-state index contributed by atoms with van der Waals surface area (Å²) in [4.78, 5) is 0. The van der Waals surface area contributed by atoms with Gasteiger partial charge in [-0.3, -0.25) is 0 Å². The van der Waals surface area contributed by atoms with Crippen molar-refractivity contribution in [3.8, 4) is 0 Å². The monoisotopic (exact) mass is 257 g/mol. The molecule has 0 saturated carbocycles. The second-order valence-corrected chi connectivity index (χ2v) is 4.87. The molecule has 3 heteroatoms. The average Bonchev–Trinajstić information content (AvgIpc) is 2.34. The van der Waals surface area contributed by atoms with Crippen LogP contribution in [0.15, 0.2) is 18.2 Å². The van der Waals surface area contributed by atoms with Gasteiger partial charge in [-0.05, 0) is 24.9 Å². The summed E-state index contributed by atoms with van der Waals surface area (Å²) in [7, 11) is 0. The van der Waals surface area contributed by atoms with Gasteiger partial charge < -0.3 is 5.32 Å². The van der Waals surface area contributed by atoms with E-state index in [0.717, 1.165) is 19.4 Å².